The molecule has 0 bridgehead atoms. The number of allylic oxidation sites excluding steroid dienone is 1. The summed E-state index contributed by atoms with van der Waals surface area (Å²) in [6, 6.07) is 7.73. The predicted octanol–water partition coefficient (Wildman–Crippen LogP) is 5.23. The zero-order valence-electron chi connectivity index (χ0n) is 12.9. The van der Waals surface area contributed by atoms with E-state index in [1.807, 2.05) is 0 Å². The number of hydrogen-bond acceptors (Lipinski definition) is 3. The zero-order chi connectivity index (χ0) is 18.4. The van der Waals surface area contributed by atoms with Gasteiger partial charge in [-0.25, -0.2) is 13.6 Å². The Morgan fingerprint density at radius 3 is 2.24 bits per heavy atom. The lowest BCUT2D eigenvalue weighted by atomic mass is 10.1. The third kappa shape index (κ3) is 5.00. The highest BCUT2D eigenvalue weighted by Gasteiger charge is 2.14. The van der Waals surface area contributed by atoms with Crippen molar-refractivity contribution >= 4 is 18.4 Å². The fraction of sp³-hybridized carbons (Fsp3) is 0.111. The number of rotatable bonds is 6. The molecular weight excluding hydrogens is 338 g/mol. The summed E-state index contributed by atoms with van der Waals surface area (Å²) >= 11 is 0. The topological polar surface area (TPSA) is 38.7 Å². The SMILES string of the molecule is C=Nc1c(F)cc(OC(=O)c2ccc(CCC=C(F)F)cc2)cc1F. The van der Waals surface area contributed by atoms with Gasteiger partial charge in [0.25, 0.3) is 6.08 Å². The number of carbonyl (C=O) groups excluding carboxylic acids is 1. The molecule has 0 aliphatic rings. The zero-order valence-corrected chi connectivity index (χ0v) is 12.9. The lowest BCUT2D eigenvalue weighted by Crippen LogP contribution is -2.09. The minimum absolute atomic E-state index is 0.155. The first-order valence-corrected chi connectivity index (χ1v) is 7.18. The Kier molecular flexibility index (Phi) is 6.05. The van der Waals surface area contributed by atoms with Crippen LogP contribution in [0.15, 0.2) is 53.5 Å². The van der Waals surface area contributed by atoms with Gasteiger partial charge in [-0.1, -0.05) is 12.1 Å². The number of benzene rings is 2. The van der Waals surface area contributed by atoms with Gasteiger partial charge < -0.3 is 4.74 Å². The fourth-order valence-electron chi connectivity index (χ4n) is 2.07. The first-order valence-electron chi connectivity index (χ1n) is 7.18. The Balaban J connectivity index is 2.06. The summed E-state index contributed by atoms with van der Waals surface area (Å²) in [7, 11) is 0. The van der Waals surface area contributed by atoms with Crippen molar-refractivity contribution in [2.75, 3.05) is 0 Å². The molecule has 0 unspecified atom stereocenters. The van der Waals surface area contributed by atoms with Gasteiger partial charge in [-0.15, -0.1) is 0 Å². The highest BCUT2D eigenvalue weighted by atomic mass is 19.3. The third-order valence-corrected chi connectivity index (χ3v) is 3.28. The van der Waals surface area contributed by atoms with Crippen LogP contribution in [0.25, 0.3) is 0 Å². The lowest BCUT2D eigenvalue weighted by Gasteiger charge is -2.07. The summed E-state index contributed by atoms with van der Waals surface area (Å²) < 4.78 is 56.0. The quantitative estimate of drug-likeness (QED) is 0.309. The number of aliphatic imine (C=N–C) groups is 1. The minimum atomic E-state index is -1.74. The van der Waals surface area contributed by atoms with Crippen LogP contribution in [0.3, 0.4) is 0 Å². The molecular formula is C18H13F4NO2. The first-order chi connectivity index (χ1) is 11.9. The Labute approximate surface area is 141 Å². The van der Waals surface area contributed by atoms with Gasteiger partial charge in [0.2, 0.25) is 0 Å². The molecule has 0 amide bonds. The van der Waals surface area contributed by atoms with Crippen LogP contribution in [0.5, 0.6) is 5.75 Å². The van der Waals surface area contributed by atoms with E-state index in [4.69, 9.17) is 4.74 Å². The number of ether oxygens (including phenoxy) is 1. The molecule has 2 aromatic rings. The monoisotopic (exact) mass is 351 g/mol. The average Bonchev–Trinajstić information content (AvgIpc) is 2.55. The maximum atomic E-state index is 13.6. The van der Waals surface area contributed by atoms with E-state index >= 15 is 0 Å². The maximum absolute atomic E-state index is 13.6. The van der Waals surface area contributed by atoms with Gasteiger partial charge in [0.05, 0.1) is 5.56 Å². The van der Waals surface area contributed by atoms with Crippen molar-refractivity contribution in [3.63, 3.8) is 0 Å². The number of nitrogens with zero attached hydrogens (tertiary/aromatic N) is 1. The Bertz CT molecular complexity index is 789. The molecule has 130 valence electrons. The molecule has 7 heteroatoms. The number of halogens is 4. The van der Waals surface area contributed by atoms with E-state index in [2.05, 4.69) is 11.7 Å². The van der Waals surface area contributed by atoms with Crippen molar-refractivity contribution in [1.82, 2.24) is 0 Å². The fourth-order valence-corrected chi connectivity index (χ4v) is 2.07. The van der Waals surface area contributed by atoms with E-state index in [0.29, 0.717) is 6.42 Å². The van der Waals surface area contributed by atoms with Crippen LogP contribution < -0.4 is 4.74 Å². The molecule has 0 N–H and O–H groups in total. The van der Waals surface area contributed by atoms with Crippen LogP contribution in [0.4, 0.5) is 23.2 Å². The van der Waals surface area contributed by atoms with Crippen LogP contribution in [0, 0.1) is 11.6 Å². The summed E-state index contributed by atoms with van der Waals surface area (Å²) in [6.07, 6.45) is -0.363. The number of esters is 1. The first kappa shape index (κ1) is 18.4. The summed E-state index contributed by atoms with van der Waals surface area (Å²) in [5, 5.41) is 0. The van der Waals surface area contributed by atoms with Crippen LogP contribution in [0.1, 0.15) is 22.3 Å². The van der Waals surface area contributed by atoms with E-state index in [9.17, 15) is 22.4 Å². The molecule has 2 rings (SSSR count). The summed E-state index contributed by atoms with van der Waals surface area (Å²) in [6.45, 7) is 3.05. The molecule has 0 saturated heterocycles. The molecule has 0 saturated carbocycles. The molecule has 3 nitrogen and oxygen atoms in total. The van der Waals surface area contributed by atoms with Gasteiger partial charge in [-0.3, -0.25) is 4.99 Å². The smallest absolute Gasteiger partial charge is 0.343 e. The standard InChI is InChI=1S/C18H13F4NO2/c1-23-17-14(19)9-13(10-15(17)20)25-18(24)12-7-5-11(6-8-12)3-2-4-16(21)22/h4-10H,1-3H2. The van der Waals surface area contributed by atoms with E-state index in [1.165, 1.54) is 12.1 Å². The lowest BCUT2D eigenvalue weighted by molar-refractivity contribution is 0.0734. The second-order valence-corrected chi connectivity index (χ2v) is 5.01. The Morgan fingerprint density at radius 2 is 1.72 bits per heavy atom. The Morgan fingerprint density at radius 1 is 1.12 bits per heavy atom. The van der Waals surface area contributed by atoms with Crippen LogP contribution >= 0.6 is 0 Å². The molecule has 0 radical (unpaired) electrons. The van der Waals surface area contributed by atoms with Gasteiger partial charge in [0.15, 0.2) is 11.6 Å². The molecule has 0 aliphatic carbocycles. The van der Waals surface area contributed by atoms with Gasteiger partial charge in [0, 0.05) is 12.1 Å². The average molecular weight is 351 g/mol. The number of aryl methyl sites for hydroxylation is 1. The van der Waals surface area contributed by atoms with Crippen LogP contribution in [-0.2, 0) is 6.42 Å². The van der Waals surface area contributed by atoms with E-state index in [1.54, 1.807) is 12.1 Å². The number of hydrogen-bond donors (Lipinski definition) is 0. The van der Waals surface area contributed by atoms with Crippen LogP contribution in [0.2, 0.25) is 0 Å². The highest BCUT2D eigenvalue weighted by molar-refractivity contribution is 5.91. The molecule has 0 aromatic heterocycles. The number of carbonyl (C=O) groups is 1. The van der Waals surface area contributed by atoms with Crippen molar-refractivity contribution in [2.24, 2.45) is 4.99 Å². The molecule has 0 heterocycles. The Hall–Kier alpha value is -2.96. The molecule has 2 aromatic carbocycles. The van der Waals surface area contributed by atoms with Gasteiger partial charge in [0.1, 0.15) is 11.4 Å². The van der Waals surface area contributed by atoms with Gasteiger partial charge >= 0.3 is 5.97 Å². The van der Waals surface area contributed by atoms with Crippen molar-refractivity contribution < 1.29 is 27.1 Å². The van der Waals surface area contributed by atoms with E-state index in [0.717, 1.165) is 23.8 Å². The molecule has 0 spiro atoms. The summed E-state index contributed by atoms with van der Waals surface area (Å²) in [5.74, 6) is -3.11. The van der Waals surface area contributed by atoms with Crippen molar-refractivity contribution in [3.05, 3.63) is 71.3 Å². The molecule has 0 fully saturated rings. The molecule has 0 atom stereocenters. The highest BCUT2D eigenvalue weighted by Crippen LogP contribution is 2.27. The largest absolute Gasteiger partial charge is 0.423 e. The molecule has 25 heavy (non-hydrogen) atoms. The van der Waals surface area contributed by atoms with Gasteiger partial charge in [-0.2, -0.15) is 8.78 Å². The van der Waals surface area contributed by atoms with Gasteiger partial charge in [-0.05, 0) is 43.3 Å². The summed E-state index contributed by atoms with van der Waals surface area (Å²) in [5.41, 5.74) is 0.359. The normalized spacial score (nSPS) is 10.2. The second kappa shape index (κ2) is 8.23. The van der Waals surface area contributed by atoms with Crippen molar-refractivity contribution in [2.45, 2.75) is 12.8 Å². The van der Waals surface area contributed by atoms with Crippen molar-refractivity contribution in [3.8, 4) is 5.75 Å². The maximum Gasteiger partial charge on any atom is 0.343 e. The summed E-state index contributed by atoms with van der Waals surface area (Å²) in [4.78, 5) is 15.2. The van der Waals surface area contributed by atoms with E-state index < -0.39 is 29.4 Å². The van der Waals surface area contributed by atoms with Crippen molar-refractivity contribution in [1.29, 1.82) is 0 Å². The molecule has 0 aliphatic heterocycles. The third-order valence-electron chi connectivity index (χ3n) is 3.28. The minimum Gasteiger partial charge on any atom is -0.423 e. The predicted molar refractivity (Wildman–Crippen MR) is 85.6 cm³/mol. The second-order valence-electron chi connectivity index (χ2n) is 5.01. The van der Waals surface area contributed by atoms with E-state index in [-0.39, 0.29) is 17.7 Å². The van der Waals surface area contributed by atoms with Crippen LogP contribution in [-0.4, -0.2) is 12.7 Å².